The van der Waals surface area contributed by atoms with Crippen LogP contribution in [0.2, 0.25) is 0 Å². The first-order valence-corrected chi connectivity index (χ1v) is 11.8. The molecule has 2 unspecified atom stereocenters. The van der Waals surface area contributed by atoms with Crippen molar-refractivity contribution in [3.8, 4) is 0 Å². The number of nitrogens with one attached hydrogen (secondary N) is 1. The van der Waals surface area contributed by atoms with Gasteiger partial charge in [0.15, 0.2) is 17.4 Å². The number of hydrogen-bond donors (Lipinski definition) is 6. The van der Waals surface area contributed by atoms with E-state index in [1.165, 1.54) is 18.0 Å². The van der Waals surface area contributed by atoms with Crippen LogP contribution in [0, 0.1) is 0 Å². The number of methoxy groups -OCH3 is 1. The number of aliphatic hydroxyl groups excluding tert-OH is 1. The maximum absolute atomic E-state index is 12.0. The fraction of sp³-hybridized carbons (Fsp3) is 0.615. The lowest BCUT2D eigenvalue weighted by molar-refractivity contribution is -0.0784. The van der Waals surface area contributed by atoms with Gasteiger partial charge in [-0.1, -0.05) is 0 Å². The minimum Gasteiger partial charge on any atom is -0.387 e. The zero-order valence-electron chi connectivity index (χ0n) is 16.4. The summed E-state index contributed by atoms with van der Waals surface area (Å²) in [6.45, 7) is -0.624. The molecule has 1 saturated heterocycles. The third kappa shape index (κ3) is 5.78. The first-order chi connectivity index (χ1) is 14.9. The second-order valence-electron chi connectivity index (χ2n) is 6.50. The van der Waals surface area contributed by atoms with Gasteiger partial charge in [0.1, 0.15) is 18.3 Å². The van der Waals surface area contributed by atoms with Crippen molar-refractivity contribution in [1.82, 2.24) is 19.5 Å². The van der Waals surface area contributed by atoms with Crippen LogP contribution in [0.15, 0.2) is 11.1 Å². The van der Waals surface area contributed by atoms with Crippen molar-refractivity contribution in [3.63, 3.8) is 0 Å². The molecule has 32 heavy (non-hydrogen) atoms. The molecular weight excluding hydrogens is 480 g/mol. The van der Waals surface area contributed by atoms with Gasteiger partial charge in [-0.15, -0.1) is 0 Å². The Kier molecular flexibility index (Phi) is 7.48. The van der Waals surface area contributed by atoms with Crippen LogP contribution in [-0.4, -0.2) is 84.5 Å². The summed E-state index contributed by atoms with van der Waals surface area (Å²) in [5, 5.41) is 10.6. The third-order valence-corrected chi connectivity index (χ3v) is 6.40. The molecule has 0 aliphatic carbocycles. The molecule has 1 aliphatic heterocycles. The van der Waals surface area contributed by atoms with Crippen LogP contribution >= 0.6 is 15.6 Å². The molecule has 7 N–H and O–H groups in total. The van der Waals surface area contributed by atoms with Crippen molar-refractivity contribution in [2.75, 3.05) is 32.7 Å². The average molecular weight is 501 g/mol. The summed E-state index contributed by atoms with van der Waals surface area (Å²) < 4.78 is 48.2. The molecule has 3 rings (SSSR count). The van der Waals surface area contributed by atoms with E-state index in [9.17, 15) is 23.9 Å². The minimum atomic E-state index is -5.33. The van der Waals surface area contributed by atoms with Crippen molar-refractivity contribution in [3.05, 3.63) is 16.7 Å². The second-order valence-corrected chi connectivity index (χ2v) is 9.33. The molecule has 1 fully saturated rings. The summed E-state index contributed by atoms with van der Waals surface area (Å²) >= 11 is 0. The van der Waals surface area contributed by atoms with Gasteiger partial charge in [0, 0.05) is 7.11 Å². The monoisotopic (exact) mass is 501 g/mol. The second kappa shape index (κ2) is 9.62. The van der Waals surface area contributed by atoms with E-state index in [-0.39, 0.29) is 30.3 Å². The molecule has 2 aromatic heterocycles. The van der Waals surface area contributed by atoms with Gasteiger partial charge in [-0.2, -0.15) is 9.29 Å². The zero-order chi connectivity index (χ0) is 23.7. The summed E-state index contributed by atoms with van der Waals surface area (Å²) in [5.41, 5.74) is 4.92. The lowest BCUT2D eigenvalue weighted by atomic mass is 10.1. The number of aromatic nitrogens is 4. The van der Waals surface area contributed by atoms with Gasteiger partial charge < -0.3 is 39.7 Å². The lowest BCUT2D eigenvalue weighted by Crippen LogP contribution is -2.36. The zero-order valence-corrected chi connectivity index (χ0v) is 18.2. The smallest absolute Gasteiger partial charge is 0.387 e. The molecule has 0 bridgehead atoms. The number of ether oxygens (including phenoxy) is 3. The summed E-state index contributed by atoms with van der Waals surface area (Å²) in [7, 11) is -9.08. The van der Waals surface area contributed by atoms with Gasteiger partial charge in [0.25, 0.3) is 5.56 Å². The molecule has 2 aromatic rings. The van der Waals surface area contributed by atoms with E-state index in [0.29, 0.717) is 0 Å². The number of phosphoric ester groups is 1. The maximum Gasteiger partial charge on any atom is 0.481 e. The van der Waals surface area contributed by atoms with E-state index >= 15 is 0 Å². The number of aromatic amines is 1. The Hall–Kier alpha value is -1.75. The van der Waals surface area contributed by atoms with E-state index in [2.05, 4.69) is 23.8 Å². The molecular formula is C13H21N5O12P2. The largest absolute Gasteiger partial charge is 0.481 e. The van der Waals surface area contributed by atoms with Crippen molar-refractivity contribution >= 4 is 32.8 Å². The number of nitrogen functional groups attached to an aromatic ring is 1. The summed E-state index contributed by atoms with van der Waals surface area (Å²) in [5.74, 6) is -0.199. The predicted octanol–water partition coefficient (Wildman–Crippen LogP) is -1.78. The highest BCUT2D eigenvalue weighted by Gasteiger charge is 2.47. The number of aliphatic hydroxyl groups is 1. The predicted molar refractivity (Wildman–Crippen MR) is 103 cm³/mol. The Morgan fingerprint density at radius 1 is 1.31 bits per heavy atom. The van der Waals surface area contributed by atoms with E-state index in [4.69, 9.17) is 29.7 Å². The number of imidazole rings is 1. The van der Waals surface area contributed by atoms with Crippen molar-refractivity contribution in [2.24, 2.45) is 0 Å². The van der Waals surface area contributed by atoms with Crippen LogP contribution in [0.3, 0.4) is 0 Å². The highest BCUT2D eigenvalue weighted by Crippen LogP contribution is 2.57. The fourth-order valence-corrected chi connectivity index (χ4v) is 4.58. The van der Waals surface area contributed by atoms with E-state index in [1.54, 1.807) is 0 Å². The van der Waals surface area contributed by atoms with E-state index < -0.39 is 52.4 Å². The molecule has 1 aliphatic rings. The topological polar surface area (TPSA) is 251 Å². The van der Waals surface area contributed by atoms with Crippen LogP contribution in [0.4, 0.5) is 5.95 Å². The van der Waals surface area contributed by atoms with Gasteiger partial charge >= 0.3 is 15.6 Å². The van der Waals surface area contributed by atoms with Gasteiger partial charge in [0.05, 0.1) is 26.1 Å². The van der Waals surface area contributed by atoms with Crippen molar-refractivity contribution in [2.45, 2.75) is 24.5 Å². The first-order valence-electron chi connectivity index (χ1n) is 8.82. The van der Waals surface area contributed by atoms with Gasteiger partial charge in [-0.3, -0.25) is 18.9 Å². The lowest BCUT2D eigenvalue weighted by Gasteiger charge is -2.22. The molecule has 180 valence electrons. The van der Waals surface area contributed by atoms with Gasteiger partial charge in [0.2, 0.25) is 5.95 Å². The molecule has 0 aromatic carbocycles. The Morgan fingerprint density at radius 2 is 2.03 bits per heavy atom. The molecule has 0 amide bonds. The first kappa shape index (κ1) is 24.9. The van der Waals surface area contributed by atoms with E-state index in [0.717, 1.165) is 0 Å². The number of rotatable bonds is 10. The summed E-state index contributed by atoms with van der Waals surface area (Å²) in [6, 6.07) is 0. The standard InChI is InChI=1S/C13H21N5O12P2/c1-26-2-3-27-9-8(19)6(4-28-32(24,25)30-31(21,22)23)29-12(9)18-5-15-7-10(18)16-13(14)17-11(7)20/h5-6,8-9,12,19H,2-4H2,1H3,(H,24,25)(H2,21,22,23)(H3,14,16,17,20)/t6-,8?,9+,12-/m1/s1. The Balaban J connectivity index is 1.85. The molecule has 19 heteroatoms. The normalized spacial score (nSPS) is 25.9. The Morgan fingerprint density at radius 3 is 2.69 bits per heavy atom. The third-order valence-electron chi connectivity index (χ3n) is 4.25. The number of fused-ring (bicyclic) bond motifs is 1. The number of anilines is 1. The highest BCUT2D eigenvalue weighted by molar-refractivity contribution is 7.60. The van der Waals surface area contributed by atoms with Crippen molar-refractivity contribution in [1.29, 1.82) is 0 Å². The van der Waals surface area contributed by atoms with Gasteiger partial charge in [-0.05, 0) is 0 Å². The molecule has 5 atom stereocenters. The van der Waals surface area contributed by atoms with Crippen LogP contribution in [-0.2, 0) is 32.2 Å². The average Bonchev–Trinajstić information content (AvgIpc) is 3.20. The maximum atomic E-state index is 12.0. The van der Waals surface area contributed by atoms with E-state index in [1.807, 2.05) is 0 Å². The van der Waals surface area contributed by atoms with Gasteiger partial charge in [-0.25, -0.2) is 14.1 Å². The summed E-state index contributed by atoms with van der Waals surface area (Å²) in [6.07, 6.45) is -3.82. The highest BCUT2D eigenvalue weighted by atomic mass is 31.3. The molecule has 3 heterocycles. The quantitative estimate of drug-likeness (QED) is 0.155. The SMILES string of the molecule is COCCO[C@H]1C(O)[C@@H](COP(=O)(O)OP(=O)(O)O)O[C@H]1n1cnc2c(=O)[nH]c(N)nc21. The Labute approximate surface area is 178 Å². The number of nitrogens with two attached hydrogens (primary N) is 1. The van der Waals surface area contributed by atoms with Crippen LogP contribution in [0.1, 0.15) is 6.23 Å². The minimum absolute atomic E-state index is 0.0167. The van der Waals surface area contributed by atoms with Crippen LogP contribution < -0.4 is 11.3 Å². The number of H-pyrrole nitrogens is 1. The number of phosphoric acid groups is 2. The molecule has 17 nitrogen and oxygen atoms in total. The molecule has 0 radical (unpaired) electrons. The van der Waals surface area contributed by atoms with Crippen LogP contribution in [0.25, 0.3) is 11.2 Å². The Bertz CT molecular complexity index is 1100. The number of nitrogens with zero attached hydrogens (tertiary/aromatic N) is 3. The molecule has 0 saturated carbocycles. The molecule has 0 spiro atoms. The number of hydrogen-bond acceptors (Lipinski definition) is 12. The van der Waals surface area contributed by atoms with Crippen molar-refractivity contribution < 1.29 is 52.0 Å². The van der Waals surface area contributed by atoms with Crippen LogP contribution in [0.5, 0.6) is 0 Å². The summed E-state index contributed by atoms with van der Waals surface area (Å²) in [4.78, 5) is 49.1. The fourth-order valence-electron chi connectivity index (χ4n) is 2.98.